The molecule has 0 aliphatic rings. The molecule has 2 rings (SSSR count). The summed E-state index contributed by atoms with van der Waals surface area (Å²) in [7, 11) is 1.58. The SMILES string of the molecule is CCOC(=O)c1csc(N(C(=O)C(C)C)c2ccc(OC)cc2)n1. The number of benzene rings is 1. The maximum Gasteiger partial charge on any atom is 0.357 e. The Labute approximate surface area is 145 Å². The van der Waals surface area contributed by atoms with Gasteiger partial charge in [0.2, 0.25) is 5.91 Å². The van der Waals surface area contributed by atoms with E-state index in [0.717, 1.165) is 0 Å². The van der Waals surface area contributed by atoms with Gasteiger partial charge in [-0.05, 0) is 31.2 Å². The topological polar surface area (TPSA) is 68.7 Å². The minimum atomic E-state index is -0.494. The zero-order valence-corrected chi connectivity index (χ0v) is 14.9. The van der Waals surface area contributed by atoms with Gasteiger partial charge in [0.05, 0.1) is 19.4 Å². The summed E-state index contributed by atoms with van der Waals surface area (Å²) in [6.07, 6.45) is 0. The molecule has 0 saturated carbocycles. The fraction of sp³-hybridized carbons (Fsp3) is 0.353. The van der Waals surface area contributed by atoms with E-state index < -0.39 is 5.97 Å². The van der Waals surface area contributed by atoms with Crippen LogP contribution >= 0.6 is 11.3 Å². The summed E-state index contributed by atoms with van der Waals surface area (Å²) in [6.45, 7) is 5.65. The number of hydrogen-bond donors (Lipinski definition) is 0. The number of ether oxygens (including phenoxy) is 2. The molecule has 1 aromatic carbocycles. The Hall–Kier alpha value is -2.41. The summed E-state index contributed by atoms with van der Waals surface area (Å²) in [5.74, 6) is -0.124. The summed E-state index contributed by atoms with van der Waals surface area (Å²) < 4.78 is 10.1. The highest BCUT2D eigenvalue weighted by Crippen LogP contribution is 2.31. The van der Waals surface area contributed by atoms with Crippen molar-refractivity contribution in [3.8, 4) is 5.75 Å². The van der Waals surface area contributed by atoms with Gasteiger partial charge in [0, 0.05) is 11.3 Å². The second-order valence-corrected chi connectivity index (χ2v) is 6.10. The molecule has 0 radical (unpaired) electrons. The molecule has 0 atom stereocenters. The third kappa shape index (κ3) is 3.91. The Morgan fingerprint density at radius 2 is 1.92 bits per heavy atom. The second kappa shape index (κ2) is 7.92. The zero-order chi connectivity index (χ0) is 17.7. The summed E-state index contributed by atoms with van der Waals surface area (Å²) in [4.78, 5) is 30.2. The Bertz CT molecular complexity index is 710. The van der Waals surface area contributed by atoms with Crippen molar-refractivity contribution in [2.24, 2.45) is 5.92 Å². The standard InChI is InChI=1S/C17H20N2O4S/c1-5-23-16(21)14-10-24-17(18-14)19(15(20)11(2)3)12-6-8-13(22-4)9-7-12/h6-11H,5H2,1-4H3. The highest BCUT2D eigenvalue weighted by atomic mass is 32.1. The molecule has 0 spiro atoms. The summed E-state index contributed by atoms with van der Waals surface area (Å²) in [6, 6.07) is 7.11. The first-order chi connectivity index (χ1) is 11.5. The maximum absolute atomic E-state index is 12.6. The number of nitrogens with zero attached hydrogens (tertiary/aromatic N) is 2. The molecule has 24 heavy (non-hydrogen) atoms. The lowest BCUT2D eigenvalue weighted by molar-refractivity contribution is -0.120. The Kier molecular flexibility index (Phi) is 5.92. The minimum absolute atomic E-state index is 0.107. The van der Waals surface area contributed by atoms with Crippen LogP contribution in [0.3, 0.4) is 0 Å². The number of rotatable bonds is 6. The lowest BCUT2D eigenvalue weighted by Gasteiger charge is -2.22. The number of hydrogen-bond acceptors (Lipinski definition) is 6. The van der Waals surface area contributed by atoms with Gasteiger partial charge in [-0.15, -0.1) is 11.3 Å². The van der Waals surface area contributed by atoms with Gasteiger partial charge in [-0.2, -0.15) is 0 Å². The molecule has 1 amide bonds. The van der Waals surface area contributed by atoms with Gasteiger partial charge in [0.15, 0.2) is 10.8 Å². The van der Waals surface area contributed by atoms with Gasteiger partial charge in [0.25, 0.3) is 0 Å². The van der Waals surface area contributed by atoms with Crippen LogP contribution in [0.4, 0.5) is 10.8 Å². The van der Waals surface area contributed by atoms with Crippen LogP contribution in [-0.2, 0) is 9.53 Å². The molecular formula is C17H20N2O4S. The number of amides is 1. The number of esters is 1. The third-order valence-corrected chi connectivity index (χ3v) is 4.04. The van der Waals surface area contributed by atoms with Gasteiger partial charge in [-0.25, -0.2) is 9.78 Å². The monoisotopic (exact) mass is 348 g/mol. The number of carbonyl (C=O) groups is 2. The lowest BCUT2D eigenvalue weighted by Crippen LogP contribution is -2.30. The Morgan fingerprint density at radius 1 is 1.25 bits per heavy atom. The quantitative estimate of drug-likeness (QED) is 0.745. The molecule has 7 heteroatoms. The third-order valence-electron chi connectivity index (χ3n) is 3.21. The first-order valence-electron chi connectivity index (χ1n) is 7.58. The fourth-order valence-electron chi connectivity index (χ4n) is 1.99. The van der Waals surface area contributed by atoms with Crippen molar-refractivity contribution >= 4 is 34.0 Å². The van der Waals surface area contributed by atoms with Crippen molar-refractivity contribution in [2.45, 2.75) is 20.8 Å². The largest absolute Gasteiger partial charge is 0.497 e. The first kappa shape index (κ1) is 17.9. The van der Waals surface area contributed by atoms with Crippen molar-refractivity contribution in [3.63, 3.8) is 0 Å². The van der Waals surface area contributed by atoms with E-state index in [1.807, 2.05) is 13.8 Å². The molecular weight excluding hydrogens is 328 g/mol. The van der Waals surface area contributed by atoms with E-state index in [2.05, 4.69) is 4.98 Å². The average Bonchev–Trinajstić information content (AvgIpc) is 3.05. The number of thiazole rings is 1. The van der Waals surface area contributed by atoms with Gasteiger partial charge < -0.3 is 9.47 Å². The Morgan fingerprint density at radius 3 is 2.46 bits per heavy atom. The molecule has 1 aromatic heterocycles. The molecule has 1 heterocycles. The molecule has 0 aliphatic carbocycles. The van der Waals surface area contributed by atoms with Crippen LogP contribution in [0.15, 0.2) is 29.6 Å². The summed E-state index contributed by atoms with van der Waals surface area (Å²) >= 11 is 1.22. The van der Waals surface area contributed by atoms with Crippen LogP contribution in [-0.4, -0.2) is 30.6 Å². The van der Waals surface area contributed by atoms with E-state index >= 15 is 0 Å². The van der Waals surface area contributed by atoms with Crippen molar-refractivity contribution in [2.75, 3.05) is 18.6 Å². The van der Waals surface area contributed by atoms with Crippen LogP contribution in [0.25, 0.3) is 0 Å². The zero-order valence-electron chi connectivity index (χ0n) is 14.1. The fourth-order valence-corrected chi connectivity index (χ4v) is 2.81. The molecule has 0 fully saturated rings. The highest BCUT2D eigenvalue weighted by molar-refractivity contribution is 7.14. The molecule has 6 nitrogen and oxygen atoms in total. The van der Waals surface area contributed by atoms with Crippen molar-refractivity contribution in [3.05, 3.63) is 35.3 Å². The molecule has 0 unspecified atom stereocenters. The van der Waals surface area contributed by atoms with Crippen molar-refractivity contribution in [1.29, 1.82) is 0 Å². The van der Waals surface area contributed by atoms with Crippen molar-refractivity contribution < 1.29 is 19.1 Å². The smallest absolute Gasteiger partial charge is 0.357 e. The van der Waals surface area contributed by atoms with Crippen LogP contribution in [0.5, 0.6) is 5.75 Å². The summed E-state index contributed by atoms with van der Waals surface area (Å²) in [5, 5.41) is 2.03. The predicted molar refractivity (Wildman–Crippen MR) is 93.0 cm³/mol. The van der Waals surface area contributed by atoms with Gasteiger partial charge in [-0.1, -0.05) is 13.8 Å². The number of carbonyl (C=O) groups excluding carboxylic acids is 2. The predicted octanol–water partition coefficient (Wildman–Crippen LogP) is 3.65. The van der Waals surface area contributed by atoms with Gasteiger partial charge >= 0.3 is 5.97 Å². The minimum Gasteiger partial charge on any atom is -0.497 e. The molecule has 0 saturated heterocycles. The van der Waals surface area contributed by atoms with E-state index in [9.17, 15) is 9.59 Å². The molecule has 128 valence electrons. The van der Waals surface area contributed by atoms with Crippen LogP contribution in [0, 0.1) is 5.92 Å². The second-order valence-electron chi connectivity index (χ2n) is 5.26. The van der Waals surface area contributed by atoms with Gasteiger partial charge in [0.1, 0.15) is 5.75 Å². The lowest BCUT2D eigenvalue weighted by atomic mass is 10.1. The highest BCUT2D eigenvalue weighted by Gasteiger charge is 2.25. The normalized spacial score (nSPS) is 10.5. The average molecular weight is 348 g/mol. The van der Waals surface area contributed by atoms with Crippen LogP contribution in [0.1, 0.15) is 31.3 Å². The number of anilines is 2. The van der Waals surface area contributed by atoms with Crippen LogP contribution < -0.4 is 9.64 Å². The number of aromatic nitrogens is 1. The summed E-state index contributed by atoms with van der Waals surface area (Å²) in [5.41, 5.74) is 0.867. The van der Waals surface area contributed by atoms with E-state index in [1.165, 1.54) is 16.2 Å². The van der Waals surface area contributed by atoms with E-state index in [-0.39, 0.29) is 24.1 Å². The Balaban J connectivity index is 2.39. The maximum atomic E-state index is 12.6. The number of methoxy groups -OCH3 is 1. The molecule has 0 N–H and O–H groups in total. The molecule has 0 aliphatic heterocycles. The molecule has 0 bridgehead atoms. The molecule has 2 aromatic rings. The van der Waals surface area contributed by atoms with E-state index in [4.69, 9.17) is 9.47 Å². The van der Waals surface area contributed by atoms with Crippen LogP contribution in [0.2, 0.25) is 0 Å². The van der Waals surface area contributed by atoms with E-state index in [1.54, 1.807) is 43.7 Å². The first-order valence-corrected chi connectivity index (χ1v) is 8.46. The van der Waals surface area contributed by atoms with E-state index in [0.29, 0.717) is 16.6 Å². The van der Waals surface area contributed by atoms with Crippen molar-refractivity contribution in [1.82, 2.24) is 4.98 Å². The van der Waals surface area contributed by atoms with Gasteiger partial charge in [-0.3, -0.25) is 9.69 Å².